The first kappa shape index (κ1) is 12.9. The fourth-order valence-electron chi connectivity index (χ4n) is 1.37. The van der Waals surface area contributed by atoms with Crippen LogP contribution in [-0.4, -0.2) is 33.5 Å². The van der Waals surface area contributed by atoms with Crippen molar-refractivity contribution in [2.45, 2.75) is 19.9 Å². The van der Waals surface area contributed by atoms with Gasteiger partial charge in [0.05, 0.1) is 0 Å². The molecular weight excluding hydrogens is 226 g/mol. The molecule has 2 N–H and O–H groups in total. The molecule has 1 amide bonds. The Kier molecular flexibility index (Phi) is 3.66. The molecule has 1 aromatic heterocycles. The van der Waals surface area contributed by atoms with Gasteiger partial charge in [-0.25, -0.2) is 0 Å². The Bertz CT molecular complexity index is 454. The Morgan fingerprint density at radius 2 is 2.18 bits per heavy atom. The summed E-state index contributed by atoms with van der Waals surface area (Å²) < 4.78 is 1.54. The Morgan fingerprint density at radius 3 is 2.65 bits per heavy atom. The molecule has 0 saturated heterocycles. The van der Waals surface area contributed by atoms with E-state index in [1.54, 1.807) is 20.9 Å². The monoisotopic (exact) mass is 241 g/mol. The average molecular weight is 241 g/mol. The quantitative estimate of drug-likeness (QED) is 0.578. The Morgan fingerprint density at radius 1 is 1.59 bits per heavy atom. The van der Waals surface area contributed by atoms with Gasteiger partial charge in [0.25, 0.3) is 0 Å². The standard InChI is InChI=1S/C9H15N5O3/c1-5(9(15)10-3)11-7-8(14(16)17)12-6(2)13(7)4/h5,11H,1-4H3,(H,10,15). The number of imidazole rings is 1. The summed E-state index contributed by atoms with van der Waals surface area (Å²) in [5.41, 5.74) is 0. The predicted molar refractivity (Wildman–Crippen MR) is 61.8 cm³/mol. The summed E-state index contributed by atoms with van der Waals surface area (Å²) in [5.74, 6) is 0.200. The van der Waals surface area contributed by atoms with Gasteiger partial charge in [-0.3, -0.25) is 9.36 Å². The molecule has 0 spiro atoms. The first-order chi connectivity index (χ1) is 7.88. The molecule has 1 aromatic rings. The van der Waals surface area contributed by atoms with Crippen LogP contribution in [0.5, 0.6) is 0 Å². The molecule has 8 heteroatoms. The predicted octanol–water partition coefficient (Wildman–Crippen LogP) is 0.183. The van der Waals surface area contributed by atoms with Crippen LogP contribution in [-0.2, 0) is 11.8 Å². The molecule has 0 bridgehead atoms. The van der Waals surface area contributed by atoms with E-state index in [0.29, 0.717) is 5.82 Å². The minimum absolute atomic E-state index is 0.226. The van der Waals surface area contributed by atoms with Gasteiger partial charge in [-0.2, -0.15) is 0 Å². The summed E-state index contributed by atoms with van der Waals surface area (Å²) in [4.78, 5) is 25.4. The van der Waals surface area contributed by atoms with Crippen molar-refractivity contribution in [1.82, 2.24) is 14.9 Å². The largest absolute Gasteiger partial charge is 0.406 e. The Balaban J connectivity index is 3.05. The molecule has 0 aliphatic carbocycles. The van der Waals surface area contributed by atoms with Crippen molar-refractivity contribution in [1.29, 1.82) is 0 Å². The summed E-state index contributed by atoms with van der Waals surface area (Å²) >= 11 is 0. The van der Waals surface area contributed by atoms with E-state index in [9.17, 15) is 14.9 Å². The van der Waals surface area contributed by atoms with Crippen molar-refractivity contribution < 1.29 is 9.72 Å². The van der Waals surface area contributed by atoms with E-state index in [2.05, 4.69) is 15.6 Å². The number of nitrogens with one attached hydrogen (secondary N) is 2. The van der Waals surface area contributed by atoms with E-state index in [4.69, 9.17) is 0 Å². The van der Waals surface area contributed by atoms with Gasteiger partial charge in [0, 0.05) is 21.0 Å². The molecule has 17 heavy (non-hydrogen) atoms. The molecular formula is C9H15N5O3. The minimum Gasteiger partial charge on any atom is -0.358 e. The zero-order valence-electron chi connectivity index (χ0n) is 10.1. The summed E-state index contributed by atoms with van der Waals surface area (Å²) in [6.45, 7) is 3.27. The van der Waals surface area contributed by atoms with E-state index >= 15 is 0 Å². The van der Waals surface area contributed by atoms with E-state index in [1.165, 1.54) is 11.6 Å². The van der Waals surface area contributed by atoms with Gasteiger partial charge in [-0.1, -0.05) is 0 Å². The number of carbonyl (C=O) groups excluding carboxylic acids is 1. The second-order valence-electron chi connectivity index (χ2n) is 3.63. The van der Waals surface area contributed by atoms with E-state index in [-0.39, 0.29) is 17.5 Å². The van der Waals surface area contributed by atoms with Crippen molar-refractivity contribution in [3.05, 3.63) is 15.9 Å². The van der Waals surface area contributed by atoms with Crippen molar-refractivity contribution in [3.8, 4) is 0 Å². The molecule has 8 nitrogen and oxygen atoms in total. The molecule has 94 valence electrons. The summed E-state index contributed by atoms with van der Waals surface area (Å²) in [5, 5.41) is 16.0. The molecule has 1 heterocycles. The number of hydrogen-bond acceptors (Lipinski definition) is 5. The number of nitro groups is 1. The number of aryl methyl sites for hydroxylation is 1. The molecule has 0 saturated carbocycles. The van der Waals surface area contributed by atoms with Crippen LogP contribution in [0.3, 0.4) is 0 Å². The third-order valence-electron chi connectivity index (χ3n) is 2.47. The summed E-state index contributed by atoms with van der Waals surface area (Å²) in [7, 11) is 3.15. The third-order valence-corrected chi connectivity index (χ3v) is 2.47. The first-order valence-electron chi connectivity index (χ1n) is 5.04. The maximum Gasteiger partial charge on any atom is 0.406 e. The Labute approximate surface area is 98.2 Å². The van der Waals surface area contributed by atoms with Crippen LogP contribution in [0.4, 0.5) is 11.6 Å². The van der Waals surface area contributed by atoms with Crippen LogP contribution in [0.25, 0.3) is 0 Å². The molecule has 0 aromatic carbocycles. The number of nitrogens with zero attached hydrogens (tertiary/aromatic N) is 3. The normalized spacial score (nSPS) is 12.0. The zero-order valence-corrected chi connectivity index (χ0v) is 10.1. The van der Waals surface area contributed by atoms with Crippen molar-refractivity contribution in [2.75, 3.05) is 12.4 Å². The molecule has 0 aliphatic rings. The molecule has 1 rings (SSSR count). The third kappa shape index (κ3) is 2.52. The maximum absolute atomic E-state index is 11.3. The van der Waals surface area contributed by atoms with Crippen LogP contribution in [0.1, 0.15) is 12.7 Å². The highest BCUT2D eigenvalue weighted by Crippen LogP contribution is 2.24. The van der Waals surface area contributed by atoms with Crippen molar-refractivity contribution in [2.24, 2.45) is 7.05 Å². The van der Waals surface area contributed by atoms with Gasteiger partial charge in [0.1, 0.15) is 6.04 Å². The van der Waals surface area contributed by atoms with E-state index < -0.39 is 11.0 Å². The minimum atomic E-state index is -0.577. The second-order valence-corrected chi connectivity index (χ2v) is 3.63. The Hall–Kier alpha value is -2.12. The van der Waals surface area contributed by atoms with Crippen molar-refractivity contribution >= 4 is 17.5 Å². The first-order valence-corrected chi connectivity index (χ1v) is 5.04. The van der Waals surface area contributed by atoms with Crippen LogP contribution in [0.15, 0.2) is 0 Å². The molecule has 0 fully saturated rings. The van der Waals surface area contributed by atoms with Crippen LogP contribution < -0.4 is 10.6 Å². The average Bonchev–Trinajstić information content (AvgIpc) is 2.56. The number of anilines is 1. The molecule has 1 atom stereocenters. The lowest BCUT2D eigenvalue weighted by Crippen LogP contribution is -2.35. The van der Waals surface area contributed by atoms with Gasteiger partial charge in [-0.15, -0.1) is 0 Å². The molecule has 1 unspecified atom stereocenters. The van der Waals surface area contributed by atoms with E-state index in [0.717, 1.165) is 0 Å². The van der Waals surface area contributed by atoms with Crippen LogP contribution in [0, 0.1) is 17.0 Å². The molecule has 0 aliphatic heterocycles. The summed E-state index contributed by atoms with van der Waals surface area (Å²) in [6, 6.07) is -0.575. The van der Waals surface area contributed by atoms with Gasteiger partial charge in [0.15, 0.2) is 0 Å². The molecule has 0 radical (unpaired) electrons. The number of likely N-dealkylation sites (N-methyl/N-ethyl adjacent to an activating group) is 1. The lowest BCUT2D eigenvalue weighted by molar-refractivity contribution is -0.388. The lowest BCUT2D eigenvalue weighted by Gasteiger charge is -2.13. The summed E-state index contributed by atoms with van der Waals surface area (Å²) in [6.07, 6.45) is 0. The van der Waals surface area contributed by atoms with Gasteiger partial charge in [0.2, 0.25) is 17.5 Å². The SMILES string of the molecule is CNC(=O)C(C)Nc1c([N+](=O)[O-])nc(C)n1C. The topological polar surface area (TPSA) is 102 Å². The lowest BCUT2D eigenvalue weighted by atomic mass is 10.3. The fraction of sp³-hybridized carbons (Fsp3) is 0.556. The zero-order chi connectivity index (χ0) is 13.2. The fourth-order valence-corrected chi connectivity index (χ4v) is 1.37. The number of hydrogen-bond donors (Lipinski definition) is 2. The highest BCUT2D eigenvalue weighted by atomic mass is 16.6. The number of aromatic nitrogens is 2. The van der Waals surface area contributed by atoms with E-state index in [1.807, 2.05) is 0 Å². The van der Waals surface area contributed by atoms with Gasteiger partial charge < -0.3 is 20.7 Å². The van der Waals surface area contributed by atoms with Crippen LogP contribution >= 0.6 is 0 Å². The second kappa shape index (κ2) is 4.81. The maximum atomic E-state index is 11.3. The smallest absolute Gasteiger partial charge is 0.358 e. The number of amides is 1. The highest BCUT2D eigenvalue weighted by molar-refractivity contribution is 5.84. The number of rotatable bonds is 4. The number of carbonyl (C=O) groups is 1. The van der Waals surface area contributed by atoms with Crippen LogP contribution in [0.2, 0.25) is 0 Å². The van der Waals surface area contributed by atoms with Gasteiger partial charge in [-0.05, 0) is 16.8 Å². The van der Waals surface area contributed by atoms with Crippen molar-refractivity contribution in [3.63, 3.8) is 0 Å². The highest BCUT2D eigenvalue weighted by Gasteiger charge is 2.26. The van der Waals surface area contributed by atoms with Gasteiger partial charge >= 0.3 is 5.82 Å².